The summed E-state index contributed by atoms with van der Waals surface area (Å²) in [6.45, 7) is 1.74. The highest BCUT2D eigenvalue weighted by molar-refractivity contribution is 5.85. The van der Waals surface area contributed by atoms with Gasteiger partial charge < -0.3 is 10.4 Å². The molecular weight excluding hydrogens is 374 g/mol. The van der Waals surface area contributed by atoms with Gasteiger partial charge in [-0.1, -0.05) is 0 Å². The van der Waals surface area contributed by atoms with Crippen molar-refractivity contribution < 1.29 is 23.2 Å². The first-order chi connectivity index (χ1) is 10.3. The molecule has 0 radical (unpaired) electrons. The van der Waals surface area contributed by atoms with Crippen LogP contribution >= 0.6 is 24.8 Å². The van der Waals surface area contributed by atoms with Crippen molar-refractivity contribution in [3.05, 3.63) is 33.9 Å². The molecule has 6 nitrogen and oxygen atoms in total. The number of halogens is 5. The predicted molar refractivity (Wildman–Crippen MR) is 87.1 cm³/mol. The van der Waals surface area contributed by atoms with Crippen LogP contribution in [-0.2, 0) is 0 Å². The molecule has 1 aromatic rings. The zero-order chi connectivity index (χ0) is 16.3. The van der Waals surface area contributed by atoms with Gasteiger partial charge in [0.15, 0.2) is 0 Å². The Balaban J connectivity index is 0.00000264. The second-order valence-corrected chi connectivity index (χ2v) is 5.12. The molecule has 11 heteroatoms. The van der Waals surface area contributed by atoms with Gasteiger partial charge in [0.05, 0.1) is 22.9 Å². The van der Waals surface area contributed by atoms with Gasteiger partial charge in [-0.05, 0) is 12.1 Å². The first-order valence-corrected chi connectivity index (χ1v) is 6.77. The normalized spacial score (nSPS) is 16.6. The van der Waals surface area contributed by atoms with Crippen molar-refractivity contribution in [2.24, 2.45) is 0 Å². The second-order valence-electron chi connectivity index (χ2n) is 5.12. The summed E-state index contributed by atoms with van der Waals surface area (Å²) in [6.07, 6.45) is -5.66. The van der Waals surface area contributed by atoms with E-state index in [2.05, 4.69) is 5.32 Å². The van der Waals surface area contributed by atoms with Gasteiger partial charge in [-0.2, -0.15) is 13.2 Å². The average Bonchev–Trinajstić information content (AvgIpc) is 2.44. The summed E-state index contributed by atoms with van der Waals surface area (Å²) in [5, 5.41) is 23.7. The number of phenols is 1. The molecule has 0 aromatic heterocycles. The van der Waals surface area contributed by atoms with Crippen molar-refractivity contribution >= 4 is 30.5 Å². The Morgan fingerprint density at radius 1 is 1.29 bits per heavy atom. The van der Waals surface area contributed by atoms with E-state index in [9.17, 15) is 28.4 Å². The van der Waals surface area contributed by atoms with Crippen LogP contribution in [0.25, 0.3) is 0 Å². The van der Waals surface area contributed by atoms with Crippen LogP contribution in [0.2, 0.25) is 0 Å². The molecule has 24 heavy (non-hydrogen) atoms. The van der Waals surface area contributed by atoms with E-state index in [1.165, 1.54) is 0 Å². The average molecular weight is 392 g/mol. The molecular formula is C13H18Cl2F3N3O3. The number of piperazine rings is 1. The van der Waals surface area contributed by atoms with E-state index >= 15 is 0 Å². The smallest absolute Gasteiger partial charge is 0.390 e. The van der Waals surface area contributed by atoms with Crippen molar-refractivity contribution in [2.45, 2.75) is 18.6 Å². The number of nitrogens with zero attached hydrogens (tertiary/aromatic N) is 2. The van der Waals surface area contributed by atoms with Gasteiger partial charge in [-0.15, -0.1) is 24.8 Å². The summed E-state index contributed by atoms with van der Waals surface area (Å²) in [6, 6.07) is 2.01. The van der Waals surface area contributed by atoms with E-state index in [4.69, 9.17) is 0 Å². The molecule has 1 aliphatic rings. The van der Waals surface area contributed by atoms with Crippen LogP contribution in [0.5, 0.6) is 5.75 Å². The molecule has 1 fully saturated rings. The van der Waals surface area contributed by atoms with Crippen LogP contribution < -0.4 is 5.32 Å². The van der Waals surface area contributed by atoms with Gasteiger partial charge in [0, 0.05) is 32.2 Å². The third-order valence-corrected chi connectivity index (χ3v) is 3.58. The van der Waals surface area contributed by atoms with Gasteiger partial charge in [-0.3, -0.25) is 15.0 Å². The molecule has 0 aliphatic carbocycles. The number of benzene rings is 1. The van der Waals surface area contributed by atoms with Crippen molar-refractivity contribution in [1.29, 1.82) is 0 Å². The topological polar surface area (TPSA) is 78.6 Å². The SMILES string of the molecule is Cl.Cl.O=[N+]([O-])c1ccc(O)cc1[C@@H](CC(F)(F)F)N1CCNCC1. The van der Waals surface area contributed by atoms with Gasteiger partial charge in [-0.25, -0.2) is 0 Å². The minimum Gasteiger partial charge on any atom is -0.508 e. The zero-order valence-corrected chi connectivity index (χ0v) is 14.1. The first-order valence-electron chi connectivity index (χ1n) is 6.77. The van der Waals surface area contributed by atoms with E-state index in [0.717, 1.165) is 18.2 Å². The van der Waals surface area contributed by atoms with Crippen LogP contribution in [0.1, 0.15) is 18.0 Å². The summed E-state index contributed by atoms with van der Waals surface area (Å²) in [4.78, 5) is 11.9. The summed E-state index contributed by atoms with van der Waals surface area (Å²) < 4.78 is 38.7. The fraction of sp³-hybridized carbons (Fsp3) is 0.538. The molecule has 1 aromatic carbocycles. The lowest BCUT2D eigenvalue weighted by Crippen LogP contribution is -2.46. The van der Waals surface area contributed by atoms with Crippen molar-refractivity contribution in [1.82, 2.24) is 10.2 Å². The minimum atomic E-state index is -4.46. The molecule has 2 rings (SSSR count). The van der Waals surface area contributed by atoms with E-state index in [1.54, 1.807) is 4.90 Å². The maximum absolute atomic E-state index is 12.9. The number of phenolic OH excluding ortho intramolecular Hbond substituents is 1. The highest BCUT2D eigenvalue weighted by atomic mass is 35.5. The largest absolute Gasteiger partial charge is 0.508 e. The molecule has 1 saturated heterocycles. The predicted octanol–water partition coefficient (Wildman–Crippen LogP) is 3.04. The minimum absolute atomic E-state index is 0. The number of nitro benzene ring substituents is 1. The maximum Gasteiger partial charge on any atom is 0.390 e. The first kappa shape index (κ1) is 22.7. The van der Waals surface area contributed by atoms with Gasteiger partial charge in [0.2, 0.25) is 0 Å². The van der Waals surface area contributed by atoms with Gasteiger partial charge in [0.25, 0.3) is 5.69 Å². The molecule has 2 N–H and O–H groups in total. The molecule has 0 bridgehead atoms. The van der Waals surface area contributed by atoms with Crippen LogP contribution in [-0.4, -0.2) is 47.3 Å². The monoisotopic (exact) mass is 391 g/mol. The van der Waals surface area contributed by atoms with Gasteiger partial charge in [0.1, 0.15) is 5.75 Å². The Morgan fingerprint density at radius 2 is 1.88 bits per heavy atom. The Kier molecular flexibility index (Phi) is 8.76. The summed E-state index contributed by atoms with van der Waals surface area (Å²) >= 11 is 0. The summed E-state index contributed by atoms with van der Waals surface area (Å²) in [7, 11) is 0. The Hall–Kier alpha value is -1.29. The standard InChI is InChI=1S/C13H16F3N3O3.2ClH/c14-13(15,16)8-12(18-5-3-17-4-6-18)10-7-9(20)1-2-11(10)19(21)22;;/h1-2,7,12,17,20H,3-6,8H2;2*1H/t12-;;/m1../s1. The highest BCUT2D eigenvalue weighted by Crippen LogP contribution is 2.39. The number of nitrogens with one attached hydrogen (secondary N) is 1. The van der Waals surface area contributed by atoms with E-state index in [0.29, 0.717) is 26.2 Å². The number of hydrogen-bond donors (Lipinski definition) is 2. The molecule has 0 spiro atoms. The third kappa shape index (κ3) is 5.97. The molecule has 0 saturated carbocycles. The lowest BCUT2D eigenvalue weighted by Gasteiger charge is -2.35. The molecule has 1 atom stereocenters. The van der Waals surface area contributed by atoms with Crippen LogP contribution in [0.15, 0.2) is 18.2 Å². The zero-order valence-electron chi connectivity index (χ0n) is 12.5. The quantitative estimate of drug-likeness (QED) is 0.609. The number of rotatable bonds is 4. The fourth-order valence-corrected chi connectivity index (χ4v) is 2.62. The van der Waals surface area contributed by atoms with Crippen molar-refractivity contribution in [2.75, 3.05) is 26.2 Å². The Bertz CT molecular complexity index is 555. The summed E-state index contributed by atoms with van der Waals surface area (Å²) in [5.41, 5.74) is -0.519. The van der Waals surface area contributed by atoms with Crippen LogP contribution in [0.3, 0.4) is 0 Å². The number of alkyl halides is 3. The van der Waals surface area contributed by atoms with E-state index in [1.807, 2.05) is 0 Å². The van der Waals surface area contributed by atoms with Crippen LogP contribution in [0, 0.1) is 10.1 Å². The molecule has 0 unspecified atom stereocenters. The van der Waals surface area contributed by atoms with Crippen LogP contribution in [0.4, 0.5) is 18.9 Å². The molecule has 138 valence electrons. The second kappa shape index (κ2) is 9.26. The fourth-order valence-electron chi connectivity index (χ4n) is 2.62. The highest BCUT2D eigenvalue weighted by Gasteiger charge is 2.38. The molecule has 0 amide bonds. The van der Waals surface area contributed by atoms with Gasteiger partial charge >= 0.3 is 6.18 Å². The third-order valence-electron chi connectivity index (χ3n) is 3.58. The summed E-state index contributed by atoms with van der Waals surface area (Å²) in [5.74, 6) is -0.289. The lowest BCUT2D eigenvalue weighted by atomic mass is 9.98. The lowest BCUT2D eigenvalue weighted by molar-refractivity contribution is -0.386. The number of aromatic hydroxyl groups is 1. The molecule has 1 aliphatic heterocycles. The molecule has 1 heterocycles. The number of nitro groups is 1. The van der Waals surface area contributed by atoms with Crippen molar-refractivity contribution in [3.63, 3.8) is 0 Å². The van der Waals surface area contributed by atoms with E-state index in [-0.39, 0.29) is 36.1 Å². The maximum atomic E-state index is 12.9. The number of hydrogen-bond acceptors (Lipinski definition) is 5. The Morgan fingerprint density at radius 3 is 2.38 bits per heavy atom. The Labute approximate surface area is 149 Å². The van der Waals surface area contributed by atoms with E-state index < -0.39 is 29.2 Å². The van der Waals surface area contributed by atoms with Crippen molar-refractivity contribution in [3.8, 4) is 5.75 Å².